The second-order valence-electron chi connectivity index (χ2n) is 7.02. The molecule has 2 aromatic rings. The summed E-state index contributed by atoms with van der Waals surface area (Å²) >= 11 is 0. The molecule has 0 aliphatic carbocycles. The number of rotatable bonds is 3. The Bertz CT molecular complexity index is 1060. The number of carbonyl (C=O) groups is 2. The van der Waals surface area contributed by atoms with Crippen LogP contribution in [0.5, 0.6) is 5.75 Å². The van der Waals surface area contributed by atoms with Crippen LogP contribution in [0.3, 0.4) is 0 Å². The lowest BCUT2D eigenvalue weighted by molar-refractivity contribution is -0.126. The van der Waals surface area contributed by atoms with E-state index in [9.17, 15) is 9.59 Å². The van der Waals surface area contributed by atoms with Crippen LogP contribution in [0.1, 0.15) is 5.56 Å². The summed E-state index contributed by atoms with van der Waals surface area (Å²) in [6.45, 7) is 0. The van der Waals surface area contributed by atoms with Gasteiger partial charge in [-0.2, -0.15) is 0 Å². The zero-order chi connectivity index (χ0) is 20.1. The number of ether oxygens (including phenoxy) is 1. The molecule has 2 atom stereocenters. The summed E-state index contributed by atoms with van der Waals surface area (Å²) in [5.41, 5.74) is 2.74. The van der Waals surface area contributed by atoms with Gasteiger partial charge in [0.05, 0.1) is 18.5 Å². The lowest BCUT2D eigenvalue weighted by Gasteiger charge is -2.34. The number of amides is 3. The molecular formula is C21H19N5O3. The molecule has 1 saturated heterocycles. The van der Waals surface area contributed by atoms with E-state index in [0.717, 1.165) is 22.7 Å². The van der Waals surface area contributed by atoms with Gasteiger partial charge in [0.15, 0.2) is 12.2 Å². The largest absolute Gasteiger partial charge is 0.497 e. The van der Waals surface area contributed by atoms with E-state index >= 15 is 0 Å². The summed E-state index contributed by atoms with van der Waals surface area (Å²) < 4.78 is 5.39. The molecule has 29 heavy (non-hydrogen) atoms. The fraction of sp³-hybridized carbons (Fsp3) is 0.190. The van der Waals surface area contributed by atoms with Gasteiger partial charge in [-0.05, 0) is 12.1 Å². The van der Waals surface area contributed by atoms with Crippen LogP contribution in [0, 0.1) is 0 Å². The van der Waals surface area contributed by atoms with Gasteiger partial charge in [0.2, 0.25) is 5.96 Å². The number of nitrogens with one attached hydrogen (secondary N) is 1. The highest BCUT2D eigenvalue weighted by atomic mass is 16.5. The Labute approximate surface area is 167 Å². The van der Waals surface area contributed by atoms with Crippen molar-refractivity contribution in [2.45, 2.75) is 12.2 Å². The normalized spacial score (nSPS) is 22.8. The number of imide groups is 1. The number of hydrogen-bond donors (Lipinski definition) is 1. The van der Waals surface area contributed by atoms with E-state index in [1.54, 1.807) is 14.2 Å². The molecule has 0 bridgehead atoms. The maximum atomic E-state index is 12.6. The second-order valence-corrected chi connectivity index (χ2v) is 7.02. The van der Waals surface area contributed by atoms with Crippen LogP contribution in [0.15, 0.2) is 65.8 Å². The van der Waals surface area contributed by atoms with Crippen molar-refractivity contribution in [2.24, 2.45) is 4.99 Å². The third-order valence-electron chi connectivity index (χ3n) is 5.36. The van der Waals surface area contributed by atoms with Gasteiger partial charge in [0.25, 0.3) is 5.91 Å². The van der Waals surface area contributed by atoms with Gasteiger partial charge < -0.3 is 9.64 Å². The van der Waals surface area contributed by atoms with Crippen LogP contribution in [-0.2, 0) is 4.79 Å². The van der Waals surface area contributed by atoms with Crippen LogP contribution in [0.25, 0.3) is 5.70 Å². The minimum absolute atomic E-state index is 0.354. The summed E-state index contributed by atoms with van der Waals surface area (Å²) in [6.07, 6.45) is 1.34. The van der Waals surface area contributed by atoms with Gasteiger partial charge in [-0.1, -0.05) is 36.4 Å². The molecule has 1 N–H and O–H groups in total. The smallest absolute Gasteiger partial charge is 0.325 e. The van der Waals surface area contributed by atoms with E-state index < -0.39 is 18.2 Å². The average molecular weight is 389 g/mol. The van der Waals surface area contributed by atoms with Crippen molar-refractivity contribution in [3.8, 4) is 5.75 Å². The molecule has 0 saturated carbocycles. The summed E-state index contributed by atoms with van der Waals surface area (Å²) in [6, 6.07) is 16.5. The Hall–Kier alpha value is -3.81. The van der Waals surface area contributed by atoms with Crippen molar-refractivity contribution in [3.05, 3.63) is 66.4 Å². The lowest BCUT2D eigenvalue weighted by atomic mass is 10.1. The molecular weight excluding hydrogens is 370 g/mol. The predicted molar refractivity (Wildman–Crippen MR) is 108 cm³/mol. The molecule has 146 valence electrons. The van der Waals surface area contributed by atoms with E-state index in [0.29, 0.717) is 5.96 Å². The van der Waals surface area contributed by atoms with Crippen molar-refractivity contribution in [2.75, 3.05) is 19.1 Å². The first-order chi connectivity index (χ1) is 14.1. The van der Waals surface area contributed by atoms with Gasteiger partial charge in [0, 0.05) is 24.9 Å². The highest BCUT2D eigenvalue weighted by molar-refractivity contribution is 6.16. The maximum Gasteiger partial charge on any atom is 0.325 e. The van der Waals surface area contributed by atoms with Crippen LogP contribution in [0.2, 0.25) is 0 Å². The first-order valence-electron chi connectivity index (χ1n) is 9.24. The Morgan fingerprint density at radius 3 is 2.62 bits per heavy atom. The van der Waals surface area contributed by atoms with Crippen LogP contribution in [0.4, 0.5) is 10.5 Å². The van der Waals surface area contributed by atoms with Crippen molar-refractivity contribution in [3.63, 3.8) is 0 Å². The first-order valence-corrected chi connectivity index (χ1v) is 9.24. The highest BCUT2D eigenvalue weighted by Crippen LogP contribution is 2.39. The molecule has 2 unspecified atom stereocenters. The molecule has 0 spiro atoms. The van der Waals surface area contributed by atoms with Gasteiger partial charge >= 0.3 is 6.03 Å². The molecule has 3 aliphatic rings. The third kappa shape index (κ3) is 2.56. The summed E-state index contributed by atoms with van der Waals surface area (Å²) in [7, 11) is 3.26. The third-order valence-corrected chi connectivity index (χ3v) is 5.36. The number of likely N-dealkylation sites (N-methyl/N-ethyl adjacent to an activating group) is 1. The molecule has 3 amide bonds. The van der Waals surface area contributed by atoms with Crippen LogP contribution < -0.4 is 15.0 Å². The second kappa shape index (κ2) is 6.37. The number of benzene rings is 2. The molecule has 1 fully saturated rings. The SMILES string of the molecule is COc1cccc(N2C(c3ccccc3)=CN3C2=NC2C3C(=O)NC(=O)N2C)c1. The Morgan fingerprint density at radius 1 is 1.07 bits per heavy atom. The average Bonchev–Trinajstić information content (AvgIpc) is 3.29. The number of carbonyl (C=O) groups excluding carboxylic acids is 2. The molecule has 8 heteroatoms. The number of methoxy groups -OCH3 is 1. The number of aliphatic imine (C=N–C) groups is 1. The van der Waals surface area contributed by atoms with Crippen molar-refractivity contribution in [1.29, 1.82) is 0 Å². The van der Waals surface area contributed by atoms with E-state index in [1.165, 1.54) is 4.90 Å². The molecule has 0 radical (unpaired) electrons. The molecule has 3 aliphatic heterocycles. The molecule has 8 nitrogen and oxygen atoms in total. The minimum Gasteiger partial charge on any atom is -0.497 e. The summed E-state index contributed by atoms with van der Waals surface area (Å²) in [5, 5.41) is 2.41. The Balaban J connectivity index is 1.65. The molecule has 2 aromatic carbocycles. The van der Waals surface area contributed by atoms with Crippen LogP contribution in [-0.4, -0.2) is 54.1 Å². The van der Waals surface area contributed by atoms with E-state index in [1.807, 2.05) is 70.6 Å². The number of nitrogens with zero attached hydrogens (tertiary/aromatic N) is 4. The molecule has 0 aromatic heterocycles. The van der Waals surface area contributed by atoms with Gasteiger partial charge in [0.1, 0.15) is 5.75 Å². The number of guanidine groups is 1. The van der Waals surface area contributed by atoms with Crippen molar-refractivity contribution in [1.82, 2.24) is 15.1 Å². The first kappa shape index (κ1) is 17.3. The maximum absolute atomic E-state index is 12.6. The zero-order valence-corrected chi connectivity index (χ0v) is 15.9. The van der Waals surface area contributed by atoms with Crippen molar-refractivity contribution >= 4 is 29.3 Å². The van der Waals surface area contributed by atoms with Gasteiger partial charge in [-0.15, -0.1) is 0 Å². The predicted octanol–water partition coefficient (Wildman–Crippen LogP) is 2.06. The Kier molecular flexibility index (Phi) is 3.80. The van der Waals surface area contributed by atoms with E-state index in [4.69, 9.17) is 9.73 Å². The number of urea groups is 1. The monoisotopic (exact) mass is 389 g/mol. The lowest BCUT2D eigenvalue weighted by Crippen LogP contribution is -2.62. The summed E-state index contributed by atoms with van der Waals surface area (Å²) in [5.74, 6) is 0.964. The fourth-order valence-electron chi connectivity index (χ4n) is 3.90. The molecule has 3 heterocycles. The zero-order valence-electron chi connectivity index (χ0n) is 15.9. The standard InChI is InChI=1S/C21H19N5O3/c1-24-18-17(19(27)23-21(24)28)25-12-16(13-7-4-3-5-8-13)26(20(25)22-18)14-9-6-10-15(11-14)29-2/h3-12,17-18H,1-2H3,(H,23,27,28). The van der Waals surface area contributed by atoms with Crippen molar-refractivity contribution < 1.29 is 14.3 Å². The Morgan fingerprint density at radius 2 is 1.86 bits per heavy atom. The topological polar surface area (TPSA) is 77.5 Å². The van der Waals surface area contributed by atoms with Gasteiger partial charge in [-0.25, -0.2) is 9.79 Å². The highest BCUT2D eigenvalue weighted by Gasteiger charge is 2.52. The summed E-state index contributed by atoms with van der Waals surface area (Å²) in [4.78, 5) is 34.7. The molecule has 5 rings (SSSR count). The van der Waals surface area contributed by atoms with E-state index in [2.05, 4.69) is 5.32 Å². The van der Waals surface area contributed by atoms with Crippen LogP contribution >= 0.6 is 0 Å². The number of fused-ring (bicyclic) bond motifs is 3. The number of anilines is 1. The number of hydrogen-bond acceptors (Lipinski definition) is 6. The quantitative estimate of drug-likeness (QED) is 0.870. The van der Waals surface area contributed by atoms with E-state index in [-0.39, 0.29) is 5.91 Å². The van der Waals surface area contributed by atoms with Gasteiger partial charge in [-0.3, -0.25) is 19.9 Å². The fourth-order valence-corrected chi connectivity index (χ4v) is 3.90. The minimum atomic E-state index is -0.609.